The van der Waals surface area contributed by atoms with Gasteiger partial charge in [-0.25, -0.2) is 0 Å². The summed E-state index contributed by atoms with van der Waals surface area (Å²) in [5, 5.41) is 3.19. The van der Waals surface area contributed by atoms with E-state index in [0.29, 0.717) is 24.0 Å². The van der Waals surface area contributed by atoms with Crippen molar-refractivity contribution in [1.82, 2.24) is 10.2 Å². The van der Waals surface area contributed by atoms with Crippen LogP contribution in [0.4, 0.5) is 8.78 Å². The van der Waals surface area contributed by atoms with Crippen LogP contribution in [-0.2, 0) is 11.3 Å². The Morgan fingerprint density at radius 3 is 2.88 bits per heavy atom. The molecule has 0 bridgehead atoms. The summed E-state index contributed by atoms with van der Waals surface area (Å²) in [6.07, 6.45) is 1.04. The quantitative estimate of drug-likeness (QED) is 0.344. The van der Waals surface area contributed by atoms with Gasteiger partial charge in [-0.15, -0.1) is 24.0 Å². The fourth-order valence-corrected chi connectivity index (χ4v) is 3.07. The molecular formula is C16H23BrF2IN3O2. The molecule has 0 aliphatic carbocycles. The zero-order valence-corrected chi connectivity index (χ0v) is 18.1. The fraction of sp³-hybridized carbons (Fsp3) is 0.562. The molecule has 2 rings (SSSR count). The number of nitrogens with one attached hydrogen (secondary N) is 1. The van der Waals surface area contributed by atoms with Crippen molar-refractivity contribution in [1.29, 1.82) is 0 Å². The van der Waals surface area contributed by atoms with Crippen molar-refractivity contribution in [3.05, 3.63) is 28.2 Å². The van der Waals surface area contributed by atoms with E-state index in [1.165, 1.54) is 6.07 Å². The minimum atomic E-state index is -2.85. The zero-order chi connectivity index (χ0) is 17.5. The molecule has 1 aliphatic rings. The second-order valence-corrected chi connectivity index (χ2v) is 6.56. The van der Waals surface area contributed by atoms with Crippen molar-refractivity contribution in [2.75, 3.05) is 33.9 Å². The molecule has 1 unspecified atom stereocenters. The van der Waals surface area contributed by atoms with Gasteiger partial charge in [-0.3, -0.25) is 4.99 Å². The van der Waals surface area contributed by atoms with E-state index < -0.39 is 6.61 Å². The van der Waals surface area contributed by atoms with Crippen LogP contribution in [0.2, 0.25) is 0 Å². The maximum Gasteiger partial charge on any atom is 0.387 e. The number of hydrogen-bond acceptors (Lipinski definition) is 3. The molecule has 1 atom stereocenters. The van der Waals surface area contributed by atoms with E-state index in [2.05, 4.69) is 31.0 Å². The number of ether oxygens (including phenoxy) is 2. The summed E-state index contributed by atoms with van der Waals surface area (Å²) < 4.78 is 35.8. The average molecular weight is 534 g/mol. The molecule has 1 aromatic carbocycles. The fourth-order valence-electron chi connectivity index (χ4n) is 2.66. The highest BCUT2D eigenvalue weighted by molar-refractivity contribution is 14.0. The summed E-state index contributed by atoms with van der Waals surface area (Å²) in [5.41, 5.74) is 0.628. The summed E-state index contributed by atoms with van der Waals surface area (Å²) in [4.78, 5) is 6.27. The van der Waals surface area contributed by atoms with Gasteiger partial charge in [0.2, 0.25) is 0 Å². The van der Waals surface area contributed by atoms with Crippen LogP contribution in [0.5, 0.6) is 5.75 Å². The first-order valence-electron chi connectivity index (χ1n) is 7.72. The van der Waals surface area contributed by atoms with Crippen LogP contribution in [-0.4, -0.2) is 51.3 Å². The molecule has 1 saturated heterocycles. The number of guanidine groups is 1. The summed E-state index contributed by atoms with van der Waals surface area (Å²) >= 11 is 3.35. The van der Waals surface area contributed by atoms with Crippen LogP contribution in [0.3, 0.4) is 0 Å². The highest BCUT2D eigenvalue weighted by Gasteiger charge is 2.19. The highest BCUT2D eigenvalue weighted by atomic mass is 127. The first-order valence-corrected chi connectivity index (χ1v) is 8.51. The number of hydrogen-bond donors (Lipinski definition) is 1. The SMILES string of the molecule is CN=C(NCc1cc(Br)ccc1OC(F)F)N(C)CC1CCOC1.I. The van der Waals surface area contributed by atoms with Crippen LogP contribution >= 0.6 is 39.9 Å². The van der Waals surface area contributed by atoms with Crippen molar-refractivity contribution in [2.45, 2.75) is 19.6 Å². The maximum atomic E-state index is 12.5. The van der Waals surface area contributed by atoms with Crippen LogP contribution in [0.25, 0.3) is 0 Å². The lowest BCUT2D eigenvalue weighted by Crippen LogP contribution is -2.41. The molecule has 0 saturated carbocycles. The topological polar surface area (TPSA) is 46.1 Å². The second kappa shape index (κ2) is 11.1. The minimum Gasteiger partial charge on any atom is -0.434 e. The van der Waals surface area contributed by atoms with Crippen LogP contribution in [0.1, 0.15) is 12.0 Å². The van der Waals surface area contributed by atoms with Gasteiger partial charge in [-0.2, -0.15) is 8.78 Å². The van der Waals surface area contributed by atoms with E-state index in [1.807, 2.05) is 11.9 Å². The maximum absolute atomic E-state index is 12.5. The van der Waals surface area contributed by atoms with Crippen molar-refractivity contribution in [3.8, 4) is 5.75 Å². The Balaban J connectivity index is 0.00000312. The summed E-state index contributed by atoms with van der Waals surface area (Å²) in [7, 11) is 3.65. The largest absolute Gasteiger partial charge is 0.434 e. The molecule has 1 aromatic rings. The Hall–Kier alpha value is -0.680. The molecule has 0 aromatic heterocycles. The molecule has 9 heteroatoms. The Morgan fingerprint density at radius 2 is 2.28 bits per heavy atom. The molecule has 0 spiro atoms. The normalized spacial score (nSPS) is 17.4. The second-order valence-electron chi connectivity index (χ2n) is 5.64. The van der Waals surface area contributed by atoms with E-state index >= 15 is 0 Å². The molecule has 0 amide bonds. The van der Waals surface area contributed by atoms with Gasteiger partial charge in [0.25, 0.3) is 0 Å². The van der Waals surface area contributed by atoms with Crippen LogP contribution < -0.4 is 10.1 Å². The van der Waals surface area contributed by atoms with Gasteiger partial charge in [-0.05, 0) is 24.6 Å². The number of aliphatic imine (C=N–C) groups is 1. The molecule has 25 heavy (non-hydrogen) atoms. The number of halogens is 4. The van der Waals surface area contributed by atoms with Gasteiger partial charge in [-0.1, -0.05) is 15.9 Å². The molecule has 0 radical (unpaired) electrons. The molecule has 1 heterocycles. The Labute approximate surface area is 172 Å². The summed E-state index contributed by atoms with van der Waals surface area (Å²) in [6.45, 7) is -0.122. The molecule has 5 nitrogen and oxygen atoms in total. The lowest BCUT2D eigenvalue weighted by atomic mass is 10.1. The van der Waals surface area contributed by atoms with Crippen molar-refractivity contribution < 1.29 is 18.3 Å². The zero-order valence-electron chi connectivity index (χ0n) is 14.2. The number of benzene rings is 1. The average Bonchev–Trinajstić information content (AvgIpc) is 3.03. The number of rotatable bonds is 6. The Kier molecular flexibility index (Phi) is 9.95. The molecule has 1 fully saturated rings. The first kappa shape index (κ1) is 22.4. The van der Waals surface area contributed by atoms with Crippen LogP contribution in [0, 0.1) is 5.92 Å². The lowest BCUT2D eigenvalue weighted by Gasteiger charge is -2.25. The van der Waals surface area contributed by atoms with E-state index in [4.69, 9.17) is 4.74 Å². The summed E-state index contributed by atoms with van der Waals surface area (Å²) in [6, 6.07) is 4.95. The van der Waals surface area contributed by atoms with Crippen molar-refractivity contribution in [2.24, 2.45) is 10.9 Å². The van der Waals surface area contributed by atoms with Gasteiger partial charge in [0, 0.05) is 49.7 Å². The highest BCUT2D eigenvalue weighted by Crippen LogP contribution is 2.24. The van der Waals surface area contributed by atoms with E-state index in [0.717, 1.165) is 30.7 Å². The van der Waals surface area contributed by atoms with Gasteiger partial charge < -0.3 is 19.7 Å². The van der Waals surface area contributed by atoms with Gasteiger partial charge in [0.05, 0.1) is 6.61 Å². The third-order valence-corrected chi connectivity index (χ3v) is 4.30. The van der Waals surface area contributed by atoms with E-state index in [1.54, 1.807) is 19.2 Å². The monoisotopic (exact) mass is 533 g/mol. The Bertz CT molecular complexity index is 572. The Morgan fingerprint density at radius 1 is 1.52 bits per heavy atom. The molecule has 142 valence electrons. The summed E-state index contributed by atoms with van der Waals surface area (Å²) in [5.74, 6) is 1.34. The number of nitrogens with zero attached hydrogens (tertiary/aromatic N) is 2. The van der Waals surface area contributed by atoms with E-state index in [-0.39, 0.29) is 29.7 Å². The molecular weight excluding hydrogens is 511 g/mol. The lowest BCUT2D eigenvalue weighted by molar-refractivity contribution is -0.0504. The minimum absolute atomic E-state index is 0. The molecule has 1 N–H and O–H groups in total. The van der Waals surface area contributed by atoms with Gasteiger partial charge in [0.15, 0.2) is 5.96 Å². The van der Waals surface area contributed by atoms with Gasteiger partial charge in [0.1, 0.15) is 5.75 Å². The van der Waals surface area contributed by atoms with Crippen LogP contribution in [0.15, 0.2) is 27.7 Å². The van der Waals surface area contributed by atoms with E-state index in [9.17, 15) is 8.78 Å². The first-order chi connectivity index (χ1) is 11.5. The van der Waals surface area contributed by atoms with Crippen molar-refractivity contribution in [3.63, 3.8) is 0 Å². The standard InChI is InChI=1S/C16H22BrF2N3O2.HI/c1-20-16(22(2)9-11-5-6-23-10-11)21-8-12-7-13(17)3-4-14(12)24-15(18)19;/h3-4,7,11,15H,5-6,8-10H2,1-2H3,(H,20,21);1H. The molecule has 1 aliphatic heterocycles. The third kappa shape index (κ3) is 7.22. The number of alkyl halides is 2. The predicted octanol–water partition coefficient (Wildman–Crippen LogP) is 3.71. The van der Waals surface area contributed by atoms with Crippen molar-refractivity contribution >= 4 is 45.9 Å². The smallest absolute Gasteiger partial charge is 0.387 e. The predicted molar refractivity (Wildman–Crippen MR) is 108 cm³/mol. The third-order valence-electron chi connectivity index (χ3n) is 3.80. The van der Waals surface area contributed by atoms with Gasteiger partial charge >= 0.3 is 6.61 Å².